The summed E-state index contributed by atoms with van der Waals surface area (Å²) >= 11 is 0. The zero-order chi connectivity index (χ0) is 19.4. The monoisotopic (exact) mass is 367 g/mol. The van der Waals surface area contributed by atoms with Gasteiger partial charge in [0.2, 0.25) is 5.90 Å². The van der Waals surface area contributed by atoms with E-state index in [4.69, 9.17) is 19.3 Å². The van der Waals surface area contributed by atoms with Gasteiger partial charge in [-0.05, 0) is 42.3 Å². The summed E-state index contributed by atoms with van der Waals surface area (Å²) in [6.07, 6.45) is 1.57. The number of hydrogen-bond acceptors (Lipinski definition) is 6. The van der Waals surface area contributed by atoms with Crippen molar-refractivity contribution in [2.24, 2.45) is 4.99 Å². The van der Waals surface area contributed by atoms with E-state index < -0.39 is 18.5 Å². The van der Waals surface area contributed by atoms with Crippen molar-refractivity contribution in [1.82, 2.24) is 0 Å². The zero-order valence-electron chi connectivity index (χ0n) is 14.8. The van der Waals surface area contributed by atoms with Crippen molar-refractivity contribution in [3.8, 4) is 11.5 Å². The number of carboxylic acid groups (broad SMARTS) is 1. The number of rotatable bonds is 6. The molecule has 0 atom stereocenters. The molecule has 7 heteroatoms. The third-order valence-electron chi connectivity index (χ3n) is 3.84. The molecule has 1 heterocycles. The van der Waals surface area contributed by atoms with E-state index in [1.54, 1.807) is 24.3 Å². The van der Waals surface area contributed by atoms with Crippen LogP contribution < -0.4 is 9.47 Å². The van der Waals surface area contributed by atoms with Gasteiger partial charge in [-0.3, -0.25) is 0 Å². The lowest BCUT2D eigenvalue weighted by Gasteiger charge is -2.09. The zero-order valence-corrected chi connectivity index (χ0v) is 14.8. The number of esters is 1. The van der Waals surface area contributed by atoms with Crippen molar-refractivity contribution >= 4 is 23.9 Å². The Morgan fingerprint density at radius 3 is 2.70 bits per heavy atom. The maximum atomic E-state index is 12.1. The van der Waals surface area contributed by atoms with Gasteiger partial charge in [0, 0.05) is 5.56 Å². The Morgan fingerprint density at radius 2 is 2.00 bits per heavy atom. The molecule has 2 aromatic rings. The van der Waals surface area contributed by atoms with Crippen LogP contribution in [0.4, 0.5) is 0 Å². The highest BCUT2D eigenvalue weighted by molar-refractivity contribution is 6.13. The van der Waals surface area contributed by atoms with Crippen molar-refractivity contribution in [3.05, 3.63) is 64.9 Å². The summed E-state index contributed by atoms with van der Waals surface area (Å²) in [5, 5.41) is 8.71. The molecule has 1 N–H and O–H groups in total. The molecule has 3 rings (SSSR count). The topological polar surface area (TPSA) is 94.4 Å². The van der Waals surface area contributed by atoms with Crippen LogP contribution in [0.15, 0.2) is 53.2 Å². The molecule has 7 nitrogen and oxygen atoms in total. The van der Waals surface area contributed by atoms with Crippen LogP contribution in [0.2, 0.25) is 0 Å². The summed E-state index contributed by atoms with van der Waals surface area (Å²) in [5.74, 6) is -0.730. The smallest absolute Gasteiger partial charge is 0.363 e. The van der Waals surface area contributed by atoms with Gasteiger partial charge in [-0.2, -0.15) is 0 Å². The van der Waals surface area contributed by atoms with Crippen LogP contribution in [0.1, 0.15) is 16.7 Å². The van der Waals surface area contributed by atoms with Gasteiger partial charge in [0.25, 0.3) is 0 Å². The Labute approximate surface area is 155 Å². The summed E-state index contributed by atoms with van der Waals surface area (Å²) < 4.78 is 15.7. The minimum absolute atomic E-state index is 0.162. The normalized spacial score (nSPS) is 14.7. The number of carboxylic acids is 1. The van der Waals surface area contributed by atoms with E-state index in [1.165, 1.54) is 7.11 Å². The average Bonchev–Trinajstić information content (AvgIpc) is 3.01. The minimum Gasteiger partial charge on any atom is -0.493 e. The summed E-state index contributed by atoms with van der Waals surface area (Å²) in [6.45, 7) is 1.43. The first-order valence-electron chi connectivity index (χ1n) is 8.09. The number of aliphatic imine (C=N–C) groups is 1. The highest BCUT2D eigenvalue weighted by atomic mass is 16.6. The third kappa shape index (κ3) is 4.14. The second kappa shape index (κ2) is 7.74. The van der Waals surface area contributed by atoms with E-state index in [-0.39, 0.29) is 11.6 Å². The fourth-order valence-electron chi connectivity index (χ4n) is 2.53. The Bertz CT molecular complexity index is 961. The largest absolute Gasteiger partial charge is 0.493 e. The lowest BCUT2D eigenvalue weighted by Crippen LogP contribution is -2.10. The third-order valence-corrected chi connectivity index (χ3v) is 3.84. The molecule has 1 aliphatic rings. The molecule has 0 radical (unpaired) electrons. The Hall–Kier alpha value is -3.61. The van der Waals surface area contributed by atoms with Crippen LogP contribution in [0.3, 0.4) is 0 Å². The van der Waals surface area contributed by atoms with E-state index in [2.05, 4.69) is 4.99 Å². The molecule has 0 saturated heterocycles. The van der Waals surface area contributed by atoms with Gasteiger partial charge in [-0.15, -0.1) is 0 Å². The van der Waals surface area contributed by atoms with E-state index in [9.17, 15) is 9.59 Å². The van der Waals surface area contributed by atoms with Gasteiger partial charge in [-0.1, -0.05) is 24.3 Å². The standard InChI is InChI=1S/C20H17NO6/c1-12-5-3-4-6-14(12)19-21-15(20(24)27-19)9-13-7-8-16(17(10-13)25-2)26-11-18(22)23/h3-10H,11H2,1-2H3,(H,22,23)/b15-9+. The average molecular weight is 367 g/mol. The van der Waals surface area contributed by atoms with Crippen LogP contribution in [-0.2, 0) is 14.3 Å². The number of ether oxygens (including phenoxy) is 3. The van der Waals surface area contributed by atoms with Crippen molar-refractivity contribution in [2.45, 2.75) is 6.92 Å². The highest BCUT2D eigenvalue weighted by Crippen LogP contribution is 2.30. The minimum atomic E-state index is -1.09. The number of aryl methyl sites for hydroxylation is 1. The maximum Gasteiger partial charge on any atom is 0.363 e. The quantitative estimate of drug-likeness (QED) is 0.623. The molecule has 0 amide bonds. The van der Waals surface area contributed by atoms with Crippen LogP contribution in [0, 0.1) is 6.92 Å². The van der Waals surface area contributed by atoms with Gasteiger partial charge in [-0.25, -0.2) is 14.6 Å². The molecule has 27 heavy (non-hydrogen) atoms. The number of carbonyl (C=O) groups excluding carboxylic acids is 1. The molecule has 0 aliphatic carbocycles. The first-order chi connectivity index (χ1) is 13.0. The van der Waals surface area contributed by atoms with Crippen LogP contribution in [-0.4, -0.2) is 36.7 Å². The molecule has 0 saturated carbocycles. The lowest BCUT2D eigenvalue weighted by molar-refractivity contribution is -0.139. The summed E-state index contributed by atoms with van der Waals surface area (Å²) in [7, 11) is 1.44. The number of aliphatic carboxylic acids is 1. The van der Waals surface area contributed by atoms with Crippen LogP contribution in [0.5, 0.6) is 11.5 Å². The summed E-state index contributed by atoms with van der Waals surface area (Å²) in [5.41, 5.74) is 2.50. The summed E-state index contributed by atoms with van der Waals surface area (Å²) in [6, 6.07) is 12.4. The SMILES string of the molecule is COc1cc(/C=C2/N=C(c3ccccc3C)OC2=O)ccc1OCC(=O)O. The van der Waals surface area contributed by atoms with E-state index >= 15 is 0 Å². The van der Waals surface area contributed by atoms with Crippen LogP contribution in [0.25, 0.3) is 6.08 Å². The van der Waals surface area contributed by atoms with Crippen molar-refractivity contribution in [3.63, 3.8) is 0 Å². The lowest BCUT2D eigenvalue weighted by atomic mass is 10.1. The molecule has 1 aliphatic heterocycles. The Kier molecular flexibility index (Phi) is 5.21. The molecule has 0 aromatic heterocycles. The van der Waals surface area contributed by atoms with E-state index in [0.29, 0.717) is 17.1 Å². The van der Waals surface area contributed by atoms with Gasteiger partial charge >= 0.3 is 11.9 Å². The predicted octanol–water partition coefficient (Wildman–Crippen LogP) is 2.81. The molecule has 138 valence electrons. The molecular formula is C20H17NO6. The highest BCUT2D eigenvalue weighted by Gasteiger charge is 2.25. The number of hydrogen-bond donors (Lipinski definition) is 1. The summed E-state index contributed by atoms with van der Waals surface area (Å²) in [4.78, 5) is 27.1. The number of carbonyl (C=O) groups is 2. The second-order valence-electron chi connectivity index (χ2n) is 5.74. The molecule has 0 unspecified atom stereocenters. The van der Waals surface area contributed by atoms with E-state index in [0.717, 1.165) is 11.1 Å². The van der Waals surface area contributed by atoms with Gasteiger partial charge < -0.3 is 19.3 Å². The molecule has 0 bridgehead atoms. The maximum absolute atomic E-state index is 12.1. The van der Waals surface area contributed by atoms with Crippen molar-refractivity contribution in [2.75, 3.05) is 13.7 Å². The molecular weight excluding hydrogens is 350 g/mol. The van der Waals surface area contributed by atoms with Crippen molar-refractivity contribution in [1.29, 1.82) is 0 Å². The fraction of sp³-hybridized carbons (Fsp3) is 0.150. The Balaban J connectivity index is 1.88. The van der Waals surface area contributed by atoms with Crippen molar-refractivity contribution < 1.29 is 28.9 Å². The Morgan fingerprint density at radius 1 is 1.22 bits per heavy atom. The predicted molar refractivity (Wildman–Crippen MR) is 97.9 cm³/mol. The number of methoxy groups -OCH3 is 1. The molecule has 2 aromatic carbocycles. The number of benzene rings is 2. The first-order valence-corrected chi connectivity index (χ1v) is 8.09. The van der Waals surface area contributed by atoms with Gasteiger partial charge in [0.1, 0.15) is 0 Å². The van der Waals surface area contributed by atoms with E-state index in [1.807, 2.05) is 31.2 Å². The first kappa shape index (κ1) is 18.2. The molecule has 0 fully saturated rings. The number of nitrogens with zero attached hydrogens (tertiary/aromatic N) is 1. The van der Waals surface area contributed by atoms with Gasteiger partial charge in [0.15, 0.2) is 23.8 Å². The fourth-order valence-corrected chi connectivity index (χ4v) is 2.53. The van der Waals surface area contributed by atoms with Crippen LogP contribution >= 0.6 is 0 Å². The van der Waals surface area contributed by atoms with Gasteiger partial charge in [0.05, 0.1) is 7.11 Å². The second-order valence-corrected chi connectivity index (χ2v) is 5.74. The number of cyclic esters (lactones) is 1. The molecule has 0 spiro atoms.